The highest BCUT2D eigenvalue weighted by Gasteiger charge is 2.35. The molecule has 1 saturated carbocycles. The molecule has 0 N–H and O–H groups in total. The molecule has 6 nitrogen and oxygen atoms in total. The molecule has 1 aliphatic heterocycles. The molecule has 0 amide bonds. The molecule has 2 aliphatic rings. The molecule has 0 spiro atoms. The first-order chi connectivity index (χ1) is 11.5. The normalized spacial score (nSPS) is 20.3. The van der Waals surface area contributed by atoms with Gasteiger partial charge in [-0.15, -0.1) is 0 Å². The van der Waals surface area contributed by atoms with Crippen molar-refractivity contribution >= 4 is 5.65 Å². The summed E-state index contributed by atoms with van der Waals surface area (Å²) in [6.45, 7) is 4.01. The summed E-state index contributed by atoms with van der Waals surface area (Å²) in [6, 6.07) is 2.12. The van der Waals surface area contributed by atoms with E-state index < -0.39 is 0 Å². The van der Waals surface area contributed by atoms with E-state index in [9.17, 15) is 10.1 Å². The predicted molar refractivity (Wildman–Crippen MR) is 88.5 cm³/mol. The molecular formula is C18H20N4O2. The Hall–Kier alpha value is -2.55. The SMILES string of the molecule is CC(C)c1c(C2CC(C3CC3)=CO2)n(C)c2c(C#N)cnn2c1=O. The van der Waals surface area contributed by atoms with Gasteiger partial charge in [0.25, 0.3) is 5.56 Å². The summed E-state index contributed by atoms with van der Waals surface area (Å²) in [7, 11) is 1.89. The van der Waals surface area contributed by atoms with Crippen molar-refractivity contribution in [2.75, 3.05) is 0 Å². The molecule has 6 heteroatoms. The third kappa shape index (κ3) is 2.08. The van der Waals surface area contributed by atoms with Crippen LogP contribution in [0.25, 0.3) is 5.65 Å². The van der Waals surface area contributed by atoms with Gasteiger partial charge < -0.3 is 9.30 Å². The molecule has 0 radical (unpaired) electrons. The molecule has 0 bridgehead atoms. The largest absolute Gasteiger partial charge is 0.491 e. The zero-order valence-corrected chi connectivity index (χ0v) is 14.1. The first-order valence-electron chi connectivity index (χ1n) is 8.38. The Kier molecular flexibility index (Phi) is 3.27. The molecule has 124 valence electrons. The van der Waals surface area contributed by atoms with Gasteiger partial charge >= 0.3 is 0 Å². The van der Waals surface area contributed by atoms with Crippen LogP contribution in [-0.2, 0) is 11.8 Å². The van der Waals surface area contributed by atoms with Crippen LogP contribution in [-0.4, -0.2) is 14.2 Å². The summed E-state index contributed by atoms with van der Waals surface area (Å²) in [5.41, 5.74) is 3.71. The number of hydrogen-bond acceptors (Lipinski definition) is 4. The van der Waals surface area contributed by atoms with Crippen LogP contribution in [0.5, 0.6) is 0 Å². The number of nitrogens with zero attached hydrogens (tertiary/aromatic N) is 4. The van der Waals surface area contributed by atoms with Crippen molar-refractivity contribution in [3.8, 4) is 6.07 Å². The van der Waals surface area contributed by atoms with Crippen molar-refractivity contribution < 1.29 is 4.74 Å². The molecule has 1 fully saturated rings. The lowest BCUT2D eigenvalue weighted by atomic mass is 9.96. The van der Waals surface area contributed by atoms with Crippen LogP contribution in [0, 0.1) is 17.2 Å². The van der Waals surface area contributed by atoms with Crippen LogP contribution in [0.1, 0.15) is 62.0 Å². The molecule has 1 aliphatic carbocycles. The molecule has 2 aromatic rings. The number of nitriles is 1. The summed E-state index contributed by atoms with van der Waals surface area (Å²) in [6.07, 6.45) is 6.46. The number of hydrogen-bond donors (Lipinski definition) is 0. The number of fused-ring (bicyclic) bond motifs is 1. The first kappa shape index (κ1) is 15.0. The van der Waals surface area contributed by atoms with Crippen molar-refractivity contribution in [2.45, 2.75) is 45.1 Å². The van der Waals surface area contributed by atoms with Gasteiger partial charge in [-0.1, -0.05) is 13.8 Å². The third-order valence-corrected chi connectivity index (χ3v) is 5.03. The van der Waals surface area contributed by atoms with Crippen LogP contribution in [0.2, 0.25) is 0 Å². The van der Waals surface area contributed by atoms with Gasteiger partial charge in [0, 0.05) is 19.0 Å². The second kappa shape index (κ2) is 5.23. The first-order valence-corrected chi connectivity index (χ1v) is 8.38. The van der Waals surface area contributed by atoms with Crippen molar-refractivity contribution in [1.82, 2.24) is 14.2 Å². The fourth-order valence-electron chi connectivity index (χ4n) is 3.70. The second-order valence-electron chi connectivity index (χ2n) is 7.02. The smallest absolute Gasteiger partial charge is 0.278 e. The molecule has 3 heterocycles. The van der Waals surface area contributed by atoms with Gasteiger partial charge in [-0.05, 0) is 30.3 Å². The lowest BCUT2D eigenvalue weighted by Crippen LogP contribution is -2.28. The van der Waals surface area contributed by atoms with E-state index in [1.165, 1.54) is 29.1 Å². The van der Waals surface area contributed by atoms with Crippen molar-refractivity contribution in [3.63, 3.8) is 0 Å². The van der Waals surface area contributed by atoms with Crippen LogP contribution in [0.3, 0.4) is 0 Å². The topological polar surface area (TPSA) is 72.3 Å². The van der Waals surface area contributed by atoms with E-state index in [4.69, 9.17) is 4.74 Å². The summed E-state index contributed by atoms with van der Waals surface area (Å²) in [4.78, 5) is 13.0. The number of aromatic nitrogens is 3. The molecular weight excluding hydrogens is 304 g/mol. The van der Waals surface area contributed by atoms with Crippen LogP contribution < -0.4 is 5.56 Å². The van der Waals surface area contributed by atoms with Gasteiger partial charge in [-0.3, -0.25) is 4.79 Å². The second-order valence-corrected chi connectivity index (χ2v) is 7.02. The Balaban J connectivity index is 1.93. The van der Waals surface area contributed by atoms with E-state index in [0.29, 0.717) is 22.7 Å². The predicted octanol–water partition coefficient (Wildman–Crippen LogP) is 2.78. The molecule has 1 unspecified atom stereocenters. The summed E-state index contributed by atoms with van der Waals surface area (Å²) < 4.78 is 9.19. The summed E-state index contributed by atoms with van der Waals surface area (Å²) >= 11 is 0. The molecule has 1 atom stereocenters. The van der Waals surface area contributed by atoms with Crippen molar-refractivity contribution in [3.05, 3.63) is 45.2 Å². The minimum Gasteiger partial charge on any atom is -0.491 e. The van der Waals surface area contributed by atoms with E-state index in [-0.39, 0.29) is 17.6 Å². The minimum atomic E-state index is -0.165. The quantitative estimate of drug-likeness (QED) is 0.870. The van der Waals surface area contributed by atoms with Gasteiger partial charge in [0.05, 0.1) is 18.2 Å². The lowest BCUT2D eigenvalue weighted by Gasteiger charge is -2.22. The van der Waals surface area contributed by atoms with E-state index >= 15 is 0 Å². The Morgan fingerprint density at radius 2 is 2.17 bits per heavy atom. The monoisotopic (exact) mass is 324 g/mol. The van der Waals surface area contributed by atoms with E-state index in [2.05, 4.69) is 11.2 Å². The van der Waals surface area contributed by atoms with Crippen LogP contribution in [0.4, 0.5) is 0 Å². The average Bonchev–Trinajstić information content (AvgIpc) is 3.12. The van der Waals surface area contributed by atoms with Gasteiger partial charge in [0.15, 0.2) is 5.65 Å². The fraction of sp³-hybridized carbons (Fsp3) is 0.500. The molecule has 0 saturated heterocycles. The highest BCUT2D eigenvalue weighted by Crippen LogP contribution is 2.45. The average molecular weight is 324 g/mol. The maximum Gasteiger partial charge on any atom is 0.278 e. The Labute approximate surface area is 140 Å². The van der Waals surface area contributed by atoms with E-state index in [0.717, 1.165) is 12.1 Å². The lowest BCUT2D eigenvalue weighted by molar-refractivity contribution is 0.163. The van der Waals surface area contributed by atoms with Crippen molar-refractivity contribution in [1.29, 1.82) is 5.26 Å². The molecule has 24 heavy (non-hydrogen) atoms. The summed E-state index contributed by atoms with van der Waals surface area (Å²) in [5.74, 6) is 0.703. The Morgan fingerprint density at radius 3 is 2.79 bits per heavy atom. The fourth-order valence-corrected chi connectivity index (χ4v) is 3.70. The van der Waals surface area contributed by atoms with Crippen molar-refractivity contribution in [2.24, 2.45) is 13.0 Å². The highest BCUT2D eigenvalue weighted by atomic mass is 16.5. The van der Waals surface area contributed by atoms with E-state index in [1.54, 1.807) is 0 Å². The highest BCUT2D eigenvalue weighted by molar-refractivity contribution is 5.56. The zero-order chi connectivity index (χ0) is 17.0. The Bertz CT molecular complexity index is 954. The maximum atomic E-state index is 13.0. The van der Waals surface area contributed by atoms with Gasteiger partial charge in [-0.2, -0.15) is 14.9 Å². The molecule has 4 rings (SSSR count). The van der Waals surface area contributed by atoms with Gasteiger partial charge in [0.2, 0.25) is 0 Å². The zero-order valence-electron chi connectivity index (χ0n) is 14.1. The number of aryl methyl sites for hydroxylation is 1. The third-order valence-electron chi connectivity index (χ3n) is 5.03. The Morgan fingerprint density at radius 1 is 1.42 bits per heavy atom. The molecule has 2 aromatic heterocycles. The van der Waals surface area contributed by atoms with Gasteiger partial charge in [-0.25, -0.2) is 0 Å². The standard InChI is InChI=1S/C18H20N4O2/c1-10(2)15-16(14-6-12(9-24-14)11-4-5-11)21(3)17-13(7-19)8-20-22(17)18(15)23/h8-11,14H,4-6H2,1-3H3. The molecule has 0 aromatic carbocycles. The van der Waals surface area contributed by atoms with Crippen LogP contribution in [0.15, 0.2) is 22.8 Å². The summed E-state index contributed by atoms with van der Waals surface area (Å²) in [5, 5.41) is 13.5. The number of ether oxygens (including phenoxy) is 1. The van der Waals surface area contributed by atoms with Crippen LogP contribution >= 0.6 is 0 Å². The van der Waals surface area contributed by atoms with E-state index in [1.807, 2.05) is 31.7 Å². The maximum absolute atomic E-state index is 13.0. The minimum absolute atomic E-state index is 0.0476. The number of rotatable bonds is 3. The van der Waals surface area contributed by atoms with Gasteiger partial charge in [0.1, 0.15) is 17.7 Å².